The normalized spacial score (nSPS) is 23.9. The Hall–Kier alpha value is -2.05. The minimum Gasteiger partial charge on any atom is -0.373 e. The second kappa shape index (κ2) is 11.1. The minimum atomic E-state index is -3.57. The van der Waals surface area contributed by atoms with Crippen LogP contribution in [0.15, 0.2) is 18.2 Å². The smallest absolute Gasteiger partial charge is 0.282 e. The molecule has 34 heavy (non-hydrogen) atoms. The van der Waals surface area contributed by atoms with Gasteiger partial charge >= 0.3 is 0 Å². The van der Waals surface area contributed by atoms with E-state index < -0.39 is 16.3 Å². The summed E-state index contributed by atoms with van der Waals surface area (Å²) in [6.45, 7) is 11.4. The summed E-state index contributed by atoms with van der Waals surface area (Å²) in [4.78, 5) is 26.9. The SMILES string of the molecule is Cc1cccc(C)c1NC(=O)CNC(=O)C(C)N1CCN(S(=O)(=O)N2CC(C)OC(C)C2)CC1. The molecule has 3 unspecified atom stereocenters. The third-order valence-electron chi connectivity index (χ3n) is 6.41. The molecule has 190 valence electrons. The van der Waals surface area contributed by atoms with Crippen LogP contribution in [0.2, 0.25) is 0 Å². The zero-order valence-corrected chi connectivity index (χ0v) is 21.5. The van der Waals surface area contributed by atoms with Gasteiger partial charge in [0.2, 0.25) is 11.8 Å². The van der Waals surface area contributed by atoms with Crippen molar-refractivity contribution >= 4 is 27.7 Å². The number of amides is 2. The van der Waals surface area contributed by atoms with E-state index in [4.69, 9.17) is 4.74 Å². The van der Waals surface area contributed by atoms with Crippen molar-refractivity contribution in [3.05, 3.63) is 29.3 Å². The molecule has 2 fully saturated rings. The first-order valence-corrected chi connectivity index (χ1v) is 13.2. The number of benzene rings is 1. The second-order valence-electron chi connectivity index (χ2n) is 9.23. The maximum atomic E-state index is 13.1. The molecule has 2 aliphatic heterocycles. The molecule has 2 aliphatic rings. The summed E-state index contributed by atoms with van der Waals surface area (Å²) in [5.41, 5.74) is 2.68. The quantitative estimate of drug-likeness (QED) is 0.577. The van der Waals surface area contributed by atoms with Gasteiger partial charge in [-0.15, -0.1) is 0 Å². The van der Waals surface area contributed by atoms with Gasteiger partial charge in [-0.05, 0) is 45.7 Å². The van der Waals surface area contributed by atoms with Crippen LogP contribution < -0.4 is 10.6 Å². The Kier molecular flexibility index (Phi) is 8.69. The van der Waals surface area contributed by atoms with Crippen LogP contribution in [0.1, 0.15) is 31.9 Å². The van der Waals surface area contributed by atoms with Gasteiger partial charge in [0.05, 0.1) is 24.8 Å². The van der Waals surface area contributed by atoms with Gasteiger partial charge in [0.15, 0.2) is 0 Å². The van der Waals surface area contributed by atoms with Crippen molar-refractivity contribution in [3.8, 4) is 0 Å². The molecule has 1 aromatic carbocycles. The van der Waals surface area contributed by atoms with Crippen molar-refractivity contribution < 1.29 is 22.7 Å². The Morgan fingerprint density at radius 1 is 1.03 bits per heavy atom. The van der Waals surface area contributed by atoms with Gasteiger partial charge < -0.3 is 15.4 Å². The van der Waals surface area contributed by atoms with Crippen LogP contribution in [0, 0.1) is 13.8 Å². The highest BCUT2D eigenvalue weighted by molar-refractivity contribution is 7.86. The van der Waals surface area contributed by atoms with E-state index in [1.165, 1.54) is 8.61 Å². The first-order valence-electron chi connectivity index (χ1n) is 11.8. The summed E-state index contributed by atoms with van der Waals surface area (Å²) < 4.78 is 34.8. The van der Waals surface area contributed by atoms with E-state index in [2.05, 4.69) is 10.6 Å². The number of rotatable bonds is 7. The molecular formula is C23H37N5O5S. The van der Waals surface area contributed by atoms with Crippen LogP contribution in [-0.2, 0) is 24.5 Å². The number of hydrogen-bond acceptors (Lipinski definition) is 6. The van der Waals surface area contributed by atoms with E-state index >= 15 is 0 Å². The van der Waals surface area contributed by atoms with Crippen molar-refractivity contribution in [2.24, 2.45) is 0 Å². The molecule has 10 nitrogen and oxygen atoms in total. The first kappa shape index (κ1) is 26.6. The molecule has 3 atom stereocenters. The van der Waals surface area contributed by atoms with Gasteiger partial charge in [-0.25, -0.2) is 0 Å². The zero-order chi connectivity index (χ0) is 25.0. The predicted molar refractivity (Wildman–Crippen MR) is 131 cm³/mol. The number of hydrogen-bond donors (Lipinski definition) is 2. The van der Waals surface area contributed by atoms with Crippen LogP contribution in [0.3, 0.4) is 0 Å². The molecule has 2 amide bonds. The van der Waals surface area contributed by atoms with Gasteiger partial charge in [-0.1, -0.05) is 18.2 Å². The van der Waals surface area contributed by atoms with E-state index in [-0.39, 0.29) is 30.6 Å². The lowest BCUT2D eigenvalue weighted by molar-refractivity contribution is -0.128. The molecule has 1 aromatic rings. The lowest BCUT2D eigenvalue weighted by Crippen LogP contribution is -2.59. The summed E-state index contributed by atoms with van der Waals surface area (Å²) in [5, 5.41) is 5.55. The number of ether oxygens (including phenoxy) is 1. The third kappa shape index (κ3) is 6.33. The first-order chi connectivity index (χ1) is 16.0. The van der Waals surface area contributed by atoms with E-state index in [9.17, 15) is 18.0 Å². The predicted octanol–water partition coefficient (Wildman–Crippen LogP) is 0.718. The molecule has 0 aliphatic carbocycles. The van der Waals surface area contributed by atoms with Gasteiger partial charge in [0.25, 0.3) is 10.2 Å². The van der Waals surface area contributed by atoms with Gasteiger partial charge in [0, 0.05) is 45.0 Å². The molecule has 0 bridgehead atoms. The van der Waals surface area contributed by atoms with E-state index in [1.807, 2.05) is 50.8 Å². The lowest BCUT2D eigenvalue weighted by Gasteiger charge is -2.41. The number of anilines is 1. The highest BCUT2D eigenvalue weighted by Gasteiger charge is 2.37. The van der Waals surface area contributed by atoms with Crippen LogP contribution in [-0.4, -0.2) is 97.8 Å². The Morgan fingerprint density at radius 3 is 2.15 bits per heavy atom. The van der Waals surface area contributed by atoms with Crippen molar-refractivity contribution in [2.75, 3.05) is 51.1 Å². The summed E-state index contributed by atoms with van der Waals surface area (Å²) in [6.07, 6.45) is -0.286. The molecule has 0 aromatic heterocycles. The largest absolute Gasteiger partial charge is 0.373 e. The zero-order valence-electron chi connectivity index (χ0n) is 20.7. The minimum absolute atomic E-state index is 0.126. The van der Waals surface area contributed by atoms with Crippen molar-refractivity contribution in [1.82, 2.24) is 18.8 Å². The Morgan fingerprint density at radius 2 is 1.59 bits per heavy atom. The number of para-hydroxylation sites is 1. The van der Waals surface area contributed by atoms with Gasteiger partial charge in [-0.3, -0.25) is 14.5 Å². The Bertz CT molecular complexity index is 963. The fourth-order valence-electron chi connectivity index (χ4n) is 4.48. The van der Waals surface area contributed by atoms with E-state index in [0.29, 0.717) is 39.3 Å². The fourth-order valence-corrected chi connectivity index (χ4v) is 6.23. The maximum Gasteiger partial charge on any atom is 0.282 e. The average molecular weight is 496 g/mol. The summed E-state index contributed by atoms with van der Waals surface area (Å²) in [6, 6.07) is 5.30. The lowest BCUT2D eigenvalue weighted by atomic mass is 10.1. The number of aryl methyl sites for hydroxylation is 2. The number of carbonyl (C=O) groups is 2. The highest BCUT2D eigenvalue weighted by atomic mass is 32.2. The van der Waals surface area contributed by atoms with Crippen molar-refractivity contribution in [2.45, 2.75) is 52.9 Å². The molecule has 0 radical (unpaired) electrons. The fraction of sp³-hybridized carbons (Fsp3) is 0.652. The highest BCUT2D eigenvalue weighted by Crippen LogP contribution is 2.20. The van der Waals surface area contributed by atoms with Gasteiger partial charge in [-0.2, -0.15) is 17.0 Å². The third-order valence-corrected chi connectivity index (χ3v) is 8.38. The van der Waals surface area contributed by atoms with Gasteiger partial charge in [0.1, 0.15) is 0 Å². The number of nitrogens with zero attached hydrogens (tertiary/aromatic N) is 3. The summed E-state index contributed by atoms with van der Waals surface area (Å²) in [5.74, 6) is -0.549. The maximum absolute atomic E-state index is 13.1. The molecule has 3 rings (SSSR count). The monoisotopic (exact) mass is 495 g/mol. The standard InChI is InChI=1S/C23H37N5O5S/c1-16-7-6-8-17(2)22(16)25-21(29)13-24-23(30)20(5)26-9-11-27(12-10-26)34(31,32)28-14-18(3)33-19(4)15-28/h6-8,18-20H,9-15H2,1-5H3,(H,24,30)(H,25,29). The van der Waals surface area contributed by atoms with Crippen LogP contribution in [0.5, 0.6) is 0 Å². The molecule has 2 saturated heterocycles. The number of morpholine rings is 1. The number of piperazine rings is 1. The second-order valence-corrected chi connectivity index (χ2v) is 11.2. The van der Waals surface area contributed by atoms with Crippen molar-refractivity contribution in [3.63, 3.8) is 0 Å². The molecule has 0 spiro atoms. The van der Waals surface area contributed by atoms with E-state index in [0.717, 1.165) is 16.8 Å². The molecule has 0 saturated carbocycles. The van der Waals surface area contributed by atoms with Crippen LogP contribution in [0.4, 0.5) is 5.69 Å². The average Bonchev–Trinajstić information content (AvgIpc) is 2.79. The Balaban J connectivity index is 1.47. The van der Waals surface area contributed by atoms with E-state index in [1.54, 1.807) is 6.92 Å². The topological polar surface area (TPSA) is 111 Å². The molecule has 11 heteroatoms. The summed E-state index contributed by atoms with van der Waals surface area (Å²) >= 11 is 0. The molecular weight excluding hydrogens is 458 g/mol. The molecule has 2 heterocycles. The number of nitrogens with one attached hydrogen (secondary N) is 2. The Labute approximate surface area is 202 Å². The molecule has 2 N–H and O–H groups in total. The van der Waals surface area contributed by atoms with Crippen molar-refractivity contribution in [1.29, 1.82) is 0 Å². The van der Waals surface area contributed by atoms with Crippen LogP contribution >= 0.6 is 0 Å². The summed E-state index contributed by atoms with van der Waals surface area (Å²) in [7, 11) is -3.57. The van der Waals surface area contributed by atoms with Crippen LogP contribution in [0.25, 0.3) is 0 Å². The number of carbonyl (C=O) groups excluding carboxylic acids is 2.